The Bertz CT molecular complexity index is 2350. The molecular weight excluding hydrogens is 790 g/mol. The second kappa shape index (κ2) is 14.9. The molecule has 7 nitrogen and oxygen atoms in total. The minimum atomic E-state index is -4.28. The van der Waals surface area contributed by atoms with Crippen molar-refractivity contribution < 1.29 is 22.4 Å². The van der Waals surface area contributed by atoms with E-state index in [2.05, 4.69) is 12.1 Å². The summed E-state index contributed by atoms with van der Waals surface area (Å²) in [7, 11) is 2.89. The molecule has 4 atom stereocenters. The van der Waals surface area contributed by atoms with Gasteiger partial charge in [0.05, 0.1) is 16.0 Å². The van der Waals surface area contributed by atoms with Gasteiger partial charge in [0, 0.05) is 25.0 Å². The summed E-state index contributed by atoms with van der Waals surface area (Å²) in [5, 5.41) is -0.919. The summed E-state index contributed by atoms with van der Waals surface area (Å²) in [5.74, 6) is 0.0970. The number of fused-ring (bicyclic) bond motifs is 5. The highest BCUT2D eigenvalue weighted by atomic mass is 33.1. The molecule has 3 aliphatic rings. The van der Waals surface area contributed by atoms with Gasteiger partial charge in [-0.2, -0.15) is 0 Å². The first-order chi connectivity index (χ1) is 26.5. The summed E-state index contributed by atoms with van der Waals surface area (Å²) in [5.41, 5.74) is 5.05. The number of rotatable bonds is 11. The van der Waals surface area contributed by atoms with Crippen LogP contribution in [0.4, 0.5) is 10.1 Å². The Morgan fingerprint density at radius 1 is 0.745 bits per heavy atom. The fraction of sp³-hybridized carbons (Fsp3) is 0.238. The van der Waals surface area contributed by atoms with Gasteiger partial charge in [-0.15, -0.1) is 0 Å². The number of likely N-dealkylation sites (N-methyl/N-ethyl adjacent to an activating group) is 1. The van der Waals surface area contributed by atoms with Gasteiger partial charge in [0.15, 0.2) is 10.2 Å². The predicted molar refractivity (Wildman–Crippen MR) is 224 cm³/mol. The molecule has 0 N–H and O–H groups in total. The standard InChI is InChI=1S/C42H38FN3O4S5/c1-28-13-17-30(18-14-28)25-51-53-38-37(47)45-39-41(32-21-15-29(2)16-22-32,27-42(45,40(48)44(38)3)54-52-26-31-19-23-33(43)24-20-31)35-11-7-8-12-36(35)46(39)55(49,50)34-9-5-4-6-10-34/h4-24,38-39H,25-27H2,1-3H3/t38-,39-,41-,42-/m0/s1. The highest BCUT2D eigenvalue weighted by Gasteiger charge is 2.75. The van der Waals surface area contributed by atoms with Crippen LogP contribution in [-0.4, -0.2) is 53.5 Å². The van der Waals surface area contributed by atoms with Gasteiger partial charge in [-0.25, -0.2) is 17.1 Å². The number of sulfonamides is 1. The largest absolute Gasteiger partial charge is 0.322 e. The van der Waals surface area contributed by atoms with Crippen LogP contribution in [0.5, 0.6) is 0 Å². The lowest BCUT2D eigenvalue weighted by atomic mass is 9.72. The van der Waals surface area contributed by atoms with Crippen molar-refractivity contribution in [3.05, 3.63) is 167 Å². The van der Waals surface area contributed by atoms with E-state index in [4.69, 9.17) is 0 Å². The van der Waals surface area contributed by atoms with Gasteiger partial charge in [0.2, 0.25) is 0 Å². The van der Waals surface area contributed by atoms with Crippen molar-refractivity contribution in [2.24, 2.45) is 0 Å². The first kappa shape index (κ1) is 38.0. The third kappa shape index (κ3) is 6.45. The molecule has 282 valence electrons. The fourth-order valence-corrected chi connectivity index (χ4v) is 15.3. The van der Waals surface area contributed by atoms with E-state index in [1.54, 1.807) is 65.4 Å². The quantitative estimate of drug-likeness (QED) is 0.122. The number of amides is 2. The average molecular weight is 828 g/mol. The second-order valence-electron chi connectivity index (χ2n) is 14.1. The summed E-state index contributed by atoms with van der Waals surface area (Å²) in [6.07, 6.45) is -0.970. The number of benzene rings is 5. The molecule has 0 bridgehead atoms. The van der Waals surface area contributed by atoms with E-state index in [9.17, 15) is 4.39 Å². The van der Waals surface area contributed by atoms with Crippen molar-refractivity contribution in [3.8, 4) is 0 Å². The van der Waals surface area contributed by atoms with Crippen molar-refractivity contribution in [2.45, 2.75) is 58.5 Å². The third-order valence-corrected chi connectivity index (χ3v) is 17.9. The molecule has 5 aromatic carbocycles. The number of hydrogen-bond donors (Lipinski definition) is 0. The van der Waals surface area contributed by atoms with E-state index in [1.807, 2.05) is 68.4 Å². The Morgan fingerprint density at radius 2 is 1.33 bits per heavy atom. The molecule has 0 radical (unpaired) electrons. The van der Waals surface area contributed by atoms with Gasteiger partial charge in [0.1, 0.15) is 12.0 Å². The Labute approximate surface area is 337 Å². The number of halogens is 1. The van der Waals surface area contributed by atoms with Crippen LogP contribution in [0.3, 0.4) is 0 Å². The molecule has 3 heterocycles. The molecule has 2 amide bonds. The molecule has 3 aliphatic heterocycles. The number of anilines is 1. The minimum absolute atomic E-state index is 0.0906. The molecule has 0 aromatic heterocycles. The summed E-state index contributed by atoms with van der Waals surface area (Å²) in [6, 6.07) is 38.1. The maximum Gasteiger partial charge on any atom is 0.266 e. The van der Waals surface area contributed by atoms with E-state index < -0.39 is 31.8 Å². The highest BCUT2D eigenvalue weighted by Crippen LogP contribution is 2.67. The second-order valence-corrected chi connectivity index (χ2v) is 20.9. The molecule has 2 fully saturated rings. The number of para-hydroxylation sites is 1. The van der Waals surface area contributed by atoms with E-state index in [0.717, 1.165) is 33.4 Å². The normalized spacial score (nSPS) is 23.2. The van der Waals surface area contributed by atoms with Crippen LogP contribution in [0.25, 0.3) is 0 Å². The maximum atomic E-state index is 15.5. The SMILES string of the molecule is Cc1ccc(CSS[C@H]2C(=O)N3[C@H]4N(S(=O)(=O)c5ccccc5)c5ccccc5[C@@]4(c4ccc(C)cc4)C[C@]3(SSCc3ccc(F)cc3)C(=O)N2C)cc1. The van der Waals surface area contributed by atoms with Crippen molar-refractivity contribution in [1.29, 1.82) is 0 Å². The Hall–Kier alpha value is -3.88. The van der Waals surface area contributed by atoms with Gasteiger partial charge in [-0.3, -0.25) is 14.5 Å². The summed E-state index contributed by atoms with van der Waals surface area (Å²) >= 11 is 0. The van der Waals surface area contributed by atoms with Crippen LogP contribution in [0.2, 0.25) is 0 Å². The van der Waals surface area contributed by atoms with Gasteiger partial charge in [0.25, 0.3) is 21.8 Å². The van der Waals surface area contributed by atoms with Crippen LogP contribution in [-0.2, 0) is 36.5 Å². The molecule has 0 saturated carbocycles. The van der Waals surface area contributed by atoms with E-state index >= 15 is 18.0 Å². The van der Waals surface area contributed by atoms with Gasteiger partial charge < -0.3 is 4.90 Å². The number of aryl methyl sites for hydroxylation is 2. The highest BCUT2D eigenvalue weighted by molar-refractivity contribution is 8.77. The Balaban J connectivity index is 1.29. The Kier molecular flexibility index (Phi) is 10.3. The summed E-state index contributed by atoms with van der Waals surface area (Å²) in [4.78, 5) is 32.5. The van der Waals surface area contributed by atoms with Gasteiger partial charge in [-0.05, 0) is 66.4 Å². The molecule has 2 saturated heterocycles. The zero-order valence-corrected chi connectivity index (χ0v) is 34.4. The van der Waals surface area contributed by atoms with Crippen molar-refractivity contribution in [2.75, 3.05) is 11.4 Å². The topological polar surface area (TPSA) is 78.0 Å². The first-order valence-corrected chi connectivity index (χ1v) is 23.9. The predicted octanol–water partition coefficient (Wildman–Crippen LogP) is 9.15. The van der Waals surface area contributed by atoms with Crippen LogP contribution < -0.4 is 4.31 Å². The minimum Gasteiger partial charge on any atom is -0.322 e. The van der Waals surface area contributed by atoms with E-state index in [1.165, 1.54) is 59.6 Å². The lowest BCUT2D eigenvalue weighted by molar-refractivity contribution is -0.157. The number of hydrogen-bond acceptors (Lipinski definition) is 8. The molecule has 0 aliphatic carbocycles. The third-order valence-electron chi connectivity index (χ3n) is 10.6. The molecule has 0 unspecified atom stereocenters. The van der Waals surface area contributed by atoms with Crippen LogP contribution in [0.1, 0.15) is 39.8 Å². The summed E-state index contributed by atoms with van der Waals surface area (Å²) < 4.78 is 45.4. The number of nitrogens with zero attached hydrogens (tertiary/aromatic N) is 3. The molecule has 13 heteroatoms. The van der Waals surface area contributed by atoms with Gasteiger partial charge in [-0.1, -0.05) is 151 Å². The Morgan fingerprint density at radius 3 is 2.00 bits per heavy atom. The fourth-order valence-electron chi connectivity index (χ4n) is 7.89. The molecule has 55 heavy (non-hydrogen) atoms. The maximum absolute atomic E-state index is 15.5. The van der Waals surface area contributed by atoms with Crippen LogP contribution in [0, 0.1) is 19.7 Å². The zero-order chi connectivity index (χ0) is 38.5. The molecule has 5 aromatic rings. The molecule has 0 spiro atoms. The lowest BCUT2D eigenvalue weighted by Gasteiger charge is -2.49. The van der Waals surface area contributed by atoms with Crippen molar-refractivity contribution >= 4 is 70.7 Å². The smallest absolute Gasteiger partial charge is 0.266 e. The lowest BCUT2D eigenvalue weighted by Crippen LogP contribution is -2.69. The molecule has 8 rings (SSSR count). The average Bonchev–Trinajstić information content (AvgIpc) is 3.65. The van der Waals surface area contributed by atoms with E-state index in [-0.39, 0.29) is 28.9 Å². The van der Waals surface area contributed by atoms with Crippen molar-refractivity contribution in [3.63, 3.8) is 0 Å². The van der Waals surface area contributed by atoms with Gasteiger partial charge >= 0.3 is 0 Å². The number of carbonyl (C=O) groups is 2. The summed E-state index contributed by atoms with van der Waals surface area (Å²) in [6.45, 7) is 4.03. The zero-order valence-electron chi connectivity index (χ0n) is 30.3. The first-order valence-electron chi connectivity index (χ1n) is 17.7. The number of piperazine rings is 1. The molecular formula is C42H38FN3O4S5. The van der Waals surface area contributed by atoms with E-state index in [0.29, 0.717) is 17.2 Å². The van der Waals surface area contributed by atoms with Crippen LogP contribution >= 0.6 is 43.2 Å². The van der Waals surface area contributed by atoms with Crippen LogP contribution in [0.15, 0.2) is 132 Å². The number of carbonyl (C=O) groups excluding carboxylic acids is 2. The monoisotopic (exact) mass is 827 g/mol. The van der Waals surface area contributed by atoms with Crippen molar-refractivity contribution in [1.82, 2.24) is 9.80 Å².